The van der Waals surface area contributed by atoms with E-state index in [0.717, 1.165) is 18.8 Å². The molecule has 1 N–H and O–H groups in total. The second kappa shape index (κ2) is 7.30. The molecule has 0 radical (unpaired) electrons. The van der Waals surface area contributed by atoms with E-state index >= 15 is 0 Å². The van der Waals surface area contributed by atoms with Crippen LogP contribution in [0.25, 0.3) is 0 Å². The molecule has 0 amide bonds. The Morgan fingerprint density at radius 1 is 0.957 bits per heavy atom. The molecule has 118 valence electrons. The van der Waals surface area contributed by atoms with Crippen molar-refractivity contribution in [3.05, 3.63) is 89.5 Å². The number of rotatable bonds is 6. The van der Waals surface area contributed by atoms with E-state index in [1.807, 2.05) is 6.07 Å². The highest BCUT2D eigenvalue weighted by Crippen LogP contribution is 2.33. The highest BCUT2D eigenvalue weighted by molar-refractivity contribution is 5.48. The lowest BCUT2D eigenvalue weighted by Gasteiger charge is -2.21. The van der Waals surface area contributed by atoms with Gasteiger partial charge in [0.25, 0.3) is 0 Å². The number of likely N-dealkylation sites (N-methyl/N-ethyl adjacent to an activating group) is 1. The summed E-state index contributed by atoms with van der Waals surface area (Å²) in [7, 11) is 4.25. The fourth-order valence-corrected chi connectivity index (χ4v) is 3.09. The zero-order chi connectivity index (χ0) is 16.1. The van der Waals surface area contributed by atoms with Gasteiger partial charge in [-0.2, -0.15) is 0 Å². The van der Waals surface area contributed by atoms with Gasteiger partial charge in [0.2, 0.25) is 0 Å². The number of para-hydroxylation sites is 1. The third kappa shape index (κ3) is 3.91. The van der Waals surface area contributed by atoms with Gasteiger partial charge in [0, 0.05) is 24.7 Å². The van der Waals surface area contributed by atoms with Crippen LogP contribution in [-0.2, 0) is 6.54 Å². The standard InChI is InChI=1S/C21H24N2/c1-23(2)16-18-10-8-14-21(18)20-13-7-6-9-17(20)15-22-19-11-4-3-5-12-19/h3-14,21-22H,15-16H2,1-2H3. The van der Waals surface area contributed by atoms with Crippen molar-refractivity contribution in [1.82, 2.24) is 4.90 Å². The van der Waals surface area contributed by atoms with Crippen molar-refractivity contribution < 1.29 is 0 Å². The minimum Gasteiger partial charge on any atom is -0.381 e. The number of hydrogen-bond acceptors (Lipinski definition) is 2. The van der Waals surface area contributed by atoms with Gasteiger partial charge < -0.3 is 10.2 Å². The van der Waals surface area contributed by atoms with E-state index in [1.54, 1.807) is 0 Å². The van der Waals surface area contributed by atoms with E-state index in [1.165, 1.54) is 16.7 Å². The lowest BCUT2D eigenvalue weighted by Crippen LogP contribution is -2.18. The summed E-state index contributed by atoms with van der Waals surface area (Å²) in [6, 6.07) is 19.1. The zero-order valence-corrected chi connectivity index (χ0v) is 13.9. The first-order valence-corrected chi connectivity index (χ1v) is 8.13. The molecule has 1 aliphatic carbocycles. The molecule has 23 heavy (non-hydrogen) atoms. The van der Waals surface area contributed by atoms with Gasteiger partial charge in [0.15, 0.2) is 0 Å². The maximum Gasteiger partial charge on any atom is 0.0403 e. The number of nitrogens with zero attached hydrogens (tertiary/aromatic N) is 1. The fraction of sp³-hybridized carbons (Fsp3) is 0.238. The van der Waals surface area contributed by atoms with E-state index in [9.17, 15) is 0 Å². The molecule has 0 heterocycles. The normalized spacial score (nSPS) is 16.7. The molecular formula is C21H24N2. The second-order valence-electron chi connectivity index (χ2n) is 6.26. The Labute approximate surface area is 139 Å². The van der Waals surface area contributed by atoms with E-state index < -0.39 is 0 Å². The quantitative estimate of drug-likeness (QED) is 0.848. The molecule has 0 fully saturated rings. The molecule has 0 saturated heterocycles. The summed E-state index contributed by atoms with van der Waals surface area (Å²) in [4.78, 5) is 2.23. The van der Waals surface area contributed by atoms with Gasteiger partial charge in [-0.3, -0.25) is 0 Å². The van der Waals surface area contributed by atoms with Crippen LogP contribution in [0.5, 0.6) is 0 Å². The maximum absolute atomic E-state index is 3.53. The van der Waals surface area contributed by atoms with E-state index in [4.69, 9.17) is 0 Å². The van der Waals surface area contributed by atoms with Crippen molar-refractivity contribution in [1.29, 1.82) is 0 Å². The number of nitrogens with one attached hydrogen (secondary N) is 1. The van der Waals surface area contributed by atoms with E-state index in [2.05, 4.69) is 91.1 Å². The summed E-state index contributed by atoms with van der Waals surface area (Å²) >= 11 is 0. The van der Waals surface area contributed by atoms with Crippen LogP contribution in [0.2, 0.25) is 0 Å². The number of hydrogen-bond donors (Lipinski definition) is 1. The molecule has 0 bridgehead atoms. The Morgan fingerprint density at radius 2 is 1.70 bits per heavy atom. The SMILES string of the molecule is CN(C)CC1=CC=CC1c1ccccc1CNc1ccccc1. The summed E-state index contributed by atoms with van der Waals surface area (Å²) in [5, 5.41) is 3.53. The Morgan fingerprint density at radius 3 is 2.48 bits per heavy atom. The van der Waals surface area contributed by atoms with Crippen molar-refractivity contribution in [2.24, 2.45) is 0 Å². The van der Waals surface area contributed by atoms with Crippen molar-refractivity contribution in [3.63, 3.8) is 0 Å². The van der Waals surface area contributed by atoms with Crippen LogP contribution < -0.4 is 5.32 Å². The van der Waals surface area contributed by atoms with Crippen LogP contribution in [0.15, 0.2) is 78.4 Å². The van der Waals surface area contributed by atoms with Crippen molar-refractivity contribution >= 4 is 5.69 Å². The van der Waals surface area contributed by atoms with Gasteiger partial charge in [-0.25, -0.2) is 0 Å². The fourth-order valence-electron chi connectivity index (χ4n) is 3.09. The molecule has 2 nitrogen and oxygen atoms in total. The first-order chi connectivity index (χ1) is 11.2. The van der Waals surface area contributed by atoms with Crippen molar-refractivity contribution in [2.75, 3.05) is 26.0 Å². The van der Waals surface area contributed by atoms with Gasteiger partial charge in [0.1, 0.15) is 0 Å². The second-order valence-corrected chi connectivity index (χ2v) is 6.26. The summed E-state index contributed by atoms with van der Waals surface area (Å²) in [5.41, 5.74) is 5.38. The Bertz CT molecular complexity index is 699. The number of allylic oxidation sites excluding steroid dienone is 3. The molecule has 0 aliphatic heterocycles. The first kappa shape index (κ1) is 15.6. The van der Waals surface area contributed by atoms with Crippen LogP contribution in [0.1, 0.15) is 17.0 Å². The highest BCUT2D eigenvalue weighted by Gasteiger charge is 2.19. The Balaban J connectivity index is 1.78. The molecule has 2 aromatic rings. The van der Waals surface area contributed by atoms with Crippen LogP contribution in [-0.4, -0.2) is 25.5 Å². The predicted molar refractivity (Wildman–Crippen MR) is 98.7 cm³/mol. The third-order valence-corrected chi connectivity index (χ3v) is 4.16. The summed E-state index contributed by atoms with van der Waals surface area (Å²) in [5.74, 6) is 0.395. The molecule has 1 unspecified atom stereocenters. The Hall–Kier alpha value is -2.32. The first-order valence-electron chi connectivity index (χ1n) is 8.13. The molecule has 0 aromatic heterocycles. The predicted octanol–water partition coefficient (Wildman–Crippen LogP) is 4.44. The largest absolute Gasteiger partial charge is 0.381 e. The lowest BCUT2D eigenvalue weighted by atomic mass is 9.89. The average molecular weight is 304 g/mol. The summed E-state index contributed by atoms with van der Waals surface area (Å²) < 4.78 is 0. The Kier molecular flexibility index (Phi) is 4.94. The monoisotopic (exact) mass is 304 g/mol. The number of benzene rings is 2. The van der Waals surface area contributed by atoms with Crippen LogP contribution in [0, 0.1) is 0 Å². The zero-order valence-electron chi connectivity index (χ0n) is 13.9. The average Bonchev–Trinajstić information content (AvgIpc) is 3.01. The van der Waals surface area contributed by atoms with E-state index in [-0.39, 0.29) is 0 Å². The smallest absolute Gasteiger partial charge is 0.0403 e. The topological polar surface area (TPSA) is 15.3 Å². The summed E-state index contributed by atoms with van der Waals surface area (Å²) in [6.45, 7) is 1.85. The van der Waals surface area contributed by atoms with Crippen molar-refractivity contribution in [2.45, 2.75) is 12.5 Å². The molecule has 1 aliphatic rings. The van der Waals surface area contributed by atoms with Gasteiger partial charge in [-0.1, -0.05) is 60.7 Å². The molecule has 3 rings (SSSR count). The highest BCUT2D eigenvalue weighted by atomic mass is 15.0. The van der Waals surface area contributed by atoms with Gasteiger partial charge in [0.05, 0.1) is 0 Å². The van der Waals surface area contributed by atoms with Gasteiger partial charge in [-0.15, -0.1) is 0 Å². The minimum absolute atomic E-state index is 0.395. The van der Waals surface area contributed by atoms with Crippen LogP contribution in [0.4, 0.5) is 5.69 Å². The van der Waals surface area contributed by atoms with E-state index in [0.29, 0.717) is 5.92 Å². The summed E-state index contributed by atoms with van der Waals surface area (Å²) in [6.07, 6.45) is 6.75. The lowest BCUT2D eigenvalue weighted by molar-refractivity contribution is 0.439. The molecule has 2 heteroatoms. The maximum atomic E-state index is 3.53. The third-order valence-electron chi connectivity index (χ3n) is 4.16. The van der Waals surface area contributed by atoms with Crippen LogP contribution >= 0.6 is 0 Å². The number of anilines is 1. The van der Waals surface area contributed by atoms with Gasteiger partial charge >= 0.3 is 0 Å². The molecule has 0 spiro atoms. The molecule has 0 saturated carbocycles. The molecule has 1 atom stereocenters. The molecule has 2 aromatic carbocycles. The van der Waals surface area contributed by atoms with Crippen LogP contribution in [0.3, 0.4) is 0 Å². The van der Waals surface area contributed by atoms with Crippen molar-refractivity contribution in [3.8, 4) is 0 Å². The molecular weight excluding hydrogens is 280 g/mol. The van der Waals surface area contributed by atoms with Gasteiger partial charge in [-0.05, 0) is 42.9 Å². The minimum atomic E-state index is 0.395.